The number of hydrogen-bond donors (Lipinski definition) is 0. The molecule has 0 aromatic heterocycles. The van der Waals surface area contributed by atoms with E-state index < -0.39 is 5.97 Å². The van der Waals surface area contributed by atoms with E-state index in [0.29, 0.717) is 62.9 Å². The molecule has 1 aromatic rings. The molecule has 0 bridgehead atoms. The number of carbonyl (C=O) groups is 3. The maximum absolute atomic E-state index is 11.7. The van der Waals surface area contributed by atoms with Crippen LogP contribution in [0.1, 0.15) is 58.4 Å². The number of hydrogen-bond acceptors (Lipinski definition) is 8. The van der Waals surface area contributed by atoms with E-state index in [-0.39, 0.29) is 11.9 Å². The zero-order valence-corrected chi connectivity index (χ0v) is 19.2. The fourth-order valence-corrected chi connectivity index (χ4v) is 2.64. The van der Waals surface area contributed by atoms with Gasteiger partial charge in [-0.05, 0) is 63.8 Å². The van der Waals surface area contributed by atoms with Crippen molar-refractivity contribution in [2.45, 2.75) is 52.9 Å². The van der Waals surface area contributed by atoms with E-state index in [1.165, 1.54) is 13.0 Å². The molecule has 178 valence electrons. The van der Waals surface area contributed by atoms with Crippen molar-refractivity contribution in [3.05, 3.63) is 29.8 Å². The maximum atomic E-state index is 11.7. The minimum atomic E-state index is -0.440. The predicted molar refractivity (Wildman–Crippen MR) is 119 cm³/mol. The van der Waals surface area contributed by atoms with Crippen LogP contribution in [-0.4, -0.2) is 50.9 Å². The third kappa shape index (κ3) is 12.6. The molecule has 1 rings (SSSR count). The van der Waals surface area contributed by atoms with Crippen LogP contribution in [0.5, 0.6) is 11.5 Å². The van der Waals surface area contributed by atoms with Gasteiger partial charge in [0.15, 0.2) is 0 Å². The smallest absolute Gasteiger partial charge is 0.330 e. The summed E-state index contributed by atoms with van der Waals surface area (Å²) in [6, 6.07) is 5.34. The average molecular weight is 451 g/mol. The third-order valence-electron chi connectivity index (χ3n) is 4.12. The third-order valence-corrected chi connectivity index (χ3v) is 4.12. The highest BCUT2D eigenvalue weighted by molar-refractivity contribution is 5.87. The molecule has 0 N–H and O–H groups in total. The minimum absolute atomic E-state index is 0.245. The Labute approximate surface area is 189 Å². The van der Waals surface area contributed by atoms with E-state index in [4.69, 9.17) is 23.7 Å². The van der Waals surface area contributed by atoms with E-state index in [2.05, 4.69) is 0 Å². The standard InChI is InChI=1S/C24H34O8/c1-4-28-23(26)10-9-17-31-21-12-13-22(20(18-21)11-14-24(27)29-5-2)32-16-8-6-7-15-30-19(3)25/h11-14,18H,4-10,15-17H2,1-3H3. The van der Waals surface area contributed by atoms with Gasteiger partial charge in [0.1, 0.15) is 11.5 Å². The average Bonchev–Trinajstić information content (AvgIpc) is 2.75. The Balaban J connectivity index is 2.63. The zero-order chi connectivity index (χ0) is 23.6. The van der Waals surface area contributed by atoms with E-state index in [0.717, 1.165) is 19.3 Å². The van der Waals surface area contributed by atoms with Crippen LogP contribution in [-0.2, 0) is 28.6 Å². The first-order valence-electron chi connectivity index (χ1n) is 11.0. The number of carbonyl (C=O) groups excluding carboxylic acids is 3. The highest BCUT2D eigenvalue weighted by atomic mass is 16.5. The molecule has 8 nitrogen and oxygen atoms in total. The Kier molecular flexibility index (Phi) is 14.0. The molecule has 0 amide bonds. The van der Waals surface area contributed by atoms with Gasteiger partial charge in [0.25, 0.3) is 0 Å². The van der Waals surface area contributed by atoms with Crippen LogP contribution in [0, 0.1) is 0 Å². The van der Waals surface area contributed by atoms with Crippen LogP contribution in [0.4, 0.5) is 0 Å². The number of rotatable bonds is 16. The lowest BCUT2D eigenvalue weighted by Crippen LogP contribution is -2.07. The molecule has 0 radical (unpaired) electrons. The summed E-state index contributed by atoms with van der Waals surface area (Å²) < 4.78 is 26.3. The molecule has 0 aliphatic rings. The van der Waals surface area contributed by atoms with Crippen LogP contribution in [0.15, 0.2) is 24.3 Å². The summed E-state index contributed by atoms with van der Waals surface area (Å²) in [4.78, 5) is 33.8. The van der Waals surface area contributed by atoms with Crippen molar-refractivity contribution in [2.24, 2.45) is 0 Å². The lowest BCUT2D eigenvalue weighted by molar-refractivity contribution is -0.143. The summed E-state index contributed by atoms with van der Waals surface area (Å²) in [5, 5.41) is 0. The van der Waals surface area contributed by atoms with E-state index in [1.54, 1.807) is 38.1 Å². The van der Waals surface area contributed by atoms with Crippen LogP contribution in [0.3, 0.4) is 0 Å². The van der Waals surface area contributed by atoms with Gasteiger partial charge in [-0.25, -0.2) is 4.79 Å². The minimum Gasteiger partial charge on any atom is -0.494 e. The summed E-state index contributed by atoms with van der Waals surface area (Å²) in [7, 11) is 0. The first-order chi connectivity index (χ1) is 15.5. The molecular weight excluding hydrogens is 416 g/mol. The van der Waals surface area contributed by atoms with Gasteiger partial charge in [-0.3, -0.25) is 9.59 Å². The fourth-order valence-electron chi connectivity index (χ4n) is 2.64. The van der Waals surface area contributed by atoms with Crippen LogP contribution in [0.2, 0.25) is 0 Å². The van der Waals surface area contributed by atoms with E-state index >= 15 is 0 Å². The quantitative estimate of drug-likeness (QED) is 0.161. The zero-order valence-electron chi connectivity index (χ0n) is 19.2. The normalized spacial score (nSPS) is 10.6. The highest BCUT2D eigenvalue weighted by Gasteiger charge is 2.07. The second-order valence-electron chi connectivity index (χ2n) is 6.79. The summed E-state index contributed by atoms with van der Waals surface area (Å²) >= 11 is 0. The number of benzene rings is 1. The van der Waals surface area contributed by atoms with Crippen molar-refractivity contribution in [2.75, 3.05) is 33.0 Å². The van der Waals surface area contributed by atoms with Gasteiger partial charge in [0.05, 0.1) is 33.0 Å². The van der Waals surface area contributed by atoms with Crippen molar-refractivity contribution in [3.8, 4) is 11.5 Å². The van der Waals surface area contributed by atoms with Crippen molar-refractivity contribution in [1.29, 1.82) is 0 Å². The first-order valence-corrected chi connectivity index (χ1v) is 11.0. The second kappa shape index (κ2) is 16.6. The van der Waals surface area contributed by atoms with Gasteiger partial charge in [-0.1, -0.05) is 0 Å². The maximum Gasteiger partial charge on any atom is 0.330 e. The van der Waals surface area contributed by atoms with Crippen LogP contribution >= 0.6 is 0 Å². The molecule has 0 unspecified atom stereocenters. The van der Waals surface area contributed by atoms with Crippen molar-refractivity contribution >= 4 is 24.0 Å². The topological polar surface area (TPSA) is 97.4 Å². The van der Waals surface area contributed by atoms with Gasteiger partial charge in [-0.15, -0.1) is 0 Å². The summed E-state index contributed by atoms with van der Waals surface area (Å²) in [6.45, 7) is 6.82. The fraction of sp³-hybridized carbons (Fsp3) is 0.542. The predicted octanol–water partition coefficient (Wildman–Crippen LogP) is 4.10. The first kappa shape index (κ1) is 27.0. The molecule has 0 aliphatic heterocycles. The molecule has 0 heterocycles. The molecule has 0 saturated heterocycles. The summed E-state index contributed by atoms with van der Waals surface area (Å²) in [6.07, 6.45) is 6.24. The largest absolute Gasteiger partial charge is 0.494 e. The van der Waals surface area contributed by atoms with Gasteiger partial charge >= 0.3 is 17.9 Å². The van der Waals surface area contributed by atoms with Crippen molar-refractivity contribution < 1.29 is 38.1 Å². The van der Waals surface area contributed by atoms with Gasteiger partial charge in [0, 0.05) is 25.0 Å². The number of ether oxygens (including phenoxy) is 5. The van der Waals surface area contributed by atoms with Crippen molar-refractivity contribution in [1.82, 2.24) is 0 Å². The Morgan fingerprint density at radius 2 is 1.56 bits per heavy atom. The Bertz CT molecular complexity index is 742. The molecule has 0 saturated carbocycles. The Morgan fingerprint density at radius 1 is 0.844 bits per heavy atom. The Morgan fingerprint density at radius 3 is 2.28 bits per heavy atom. The lowest BCUT2D eigenvalue weighted by atomic mass is 10.1. The van der Waals surface area contributed by atoms with Crippen LogP contribution in [0.25, 0.3) is 6.08 Å². The molecule has 8 heteroatoms. The van der Waals surface area contributed by atoms with Gasteiger partial charge in [0.2, 0.25) is 0 Å². The van der Waals surface area contributed by atoms with Gasteiger partial charge < -0.3 is 23.7 Å². The molecule has 0 spiro atoms. The summed E-state index contributed by atoms with van der Waals surface area (Å²) in [5.74, 6) is 0.258. The Hall–Kier alpha value is -3.03. The molecule has 0 fully saturated rings. The van der Waals surface area contributed by atoms with Crippen molar-refractivity contribution in [3.63, 3.8) is 0 Å². The lowest BCUT2D eigenvalue weighted by Gasteiger charge is -2.12. The van der Waals surface area contributed by atoms with Gasteiger partial charge in [-0.2, -0.15) is 0 Å². The molecule has 1 aromatic carbocycles. The summed E-state index contributed by atoms with van der Waals surface area (Å²) in [5.41, 5.74) is 0.681. The number of unbranched alkanes of at least 4 members (excludes halogenated alkanes) is 2. The van der Waals surface area contributed by atoms with E-state index in [1.807, 2.05) is 0 Å². The molecule has 0 aliphatic carbocycles. The molecule has 32 heavy (non-hydrogen) atoms. The van der Waals surface area contributed by atoms with Crippen LogP contribution < -0.4 is 9.47 Å². The highest BCUT2D eigenvalue weighted by Crippen LogP contribution is 2.26. The number of esters is 3. The monoisotopic (exact) mass is 450 g/mol. The molecular formula is C24H34O8. The molecule has 0 atom stereocenters. The van der Waals surface area contributed by atoms with E-state index in [9.17, 15) is 14.4 Å². The second-order valence-corrected chi connectivity index (χ2v) is 6.79. The SMILES string of the molecule is CCOC(=O)C=Cc1cc(OCCCC(=O)OCC)ccc1OCCCCCOC(C)=O.